The molecule has 3 rings (SSSR count). The number of carbonyl (C=O) groups is 2. The standard InChI is InChI=1S/C22H22N2O4/c1-16-13-20(28-23-16)22(26)27-17(2)21(25)24(14-18-9-5-3-6-10-18)15-19-11-7-4-8-12-19/h3-13,17H,14-15H2,1-2H3. The van der Waals surface area contributed by atoms with Crippen LogP contribution in [0.2, 0.25) is 0 Å². The molecule has 0 aliphatic heterocycles. The second-order valence-corrected chi connectivity index (χ2v) is 6.55. The zero-order valence-corrected chi connectivity index (χ0v) is 15.9. The molecule has 0 spiro atoms. The van der Waals surface area contributed by atoms with E-state index in [1.807, 2.05) is 60.7 Å². The van der Waals surface area contributed by atoms with Crippen molar-refractivity contribution in [1.82, 2.24) is 10.1 Å². The van der Waals surface area contributed by atoms with Gasteiger partial charge in [-0.2, -0.15) is 0 Å². The van der Waals surface area contributed by atoms with E-state index in [0.29, 0.717) is 18.8 Å². The molecule has 0 N–H and O–H groups in total. The van der Waals surface area contributed by atoms with Crippen LogP contribution < -0.4 is 0 Å². The van der Waals surface area contributed by atoms with Crippen molar-refractivity contribution in [3.05, 3.63) is 89.3 Å². The molecule has 2 aromatic carbocycles. The van der Waals surface area contributed by atoms with Crippen LogP contribution in [0.3, 0.4) is 0 Å². The number of aromatic nitrogens is 1. The fourth-order valence-corrected chi connectivity index (χ4v) is 2.81. The van der Waals surface area contributed by atoms with Gasteiger partial charge in [0.1, 0.15) is 0 Å². The van der Waals surface area contributed by atoms with Gasteiger partial charge < -0.3 is 14.2 Å². The highest BCUT2D eigenvalue weighted by Gasteiger charge is 2.26. The smallest absolute Gasteiger partial charge is 0.377 e. The lowest BCUT2D eigenvalue weighted by Crippen LogP contribution is -2.39. The lowest BCUT2D eigenvalue weighted by Gasteiger charge is -2.26. The summed E-state index contributed by atoms with van der Waals surface area (Å²) in [5, 5.41) is 3.67. The van der Waals surface area contributed by atoms with Gasteiger partial charge in [-0.05, 0) is 25.0 Å². The molecule has 1 atom stereocenters. The number of aryl methyl sites for hydroxylation is 1. The maximum atomic E-state index is 13.0. The van der Waals surface area contributed by atoms with Gasteiger partial charge in [0, 0.05) is 19.2 Å². The number of esters is 1. The van der Waals surface area contributed by atoms with Gasteiger partial charge in [-0.1, -0.05) is 65.8 Å². The van der Waals surface area contributed by atoms with Crippen LogP contribution in [0.4, 0.5) is 0 Å². The topological polar surface area (TPSA) is 72.6 Å². The van der Waals surface area contributed by atoms with E-state index >= 15 is 0 Å². The Morgan fingerprint density at radius 2 is 1.54 bits per heavy atom. The largest absolute Gasteiger partial charge is 0.447 e. The van der Waals surface area contributed by atoms with Crippen molar-refractivity contribution >= 4 is 11.9 Å². The van der Waals surface area contributed by atoms with Crippen molar-refractivity contribution in [3.8, 4) is 0 Å². The Bertz CT molecular complexity index is 880. The van der Waals surface area contributed by atoms with Crippen LogP contribution >= 0.6 is 0 Å². The number of nitrogens with zero attached hydrogens (tertiary/aromatic N) is 2. The first-order valence-corrected chi connectivity index (χ1v) is 9.04. The van der Waals surface area contributed by atoms with Crippen LogP contribution in [0, 0.1) is 6.92 Å². The molecule has 6 heteroatoms. The van der Waals surface area contributed by atoms with Crippen LogP contribution in [0.25, 0.3) is 0 Å². The Morgan fingerprint density at radius 1 is 1.00 bits per heavy atom. The van der Waals surface area contributed by atoms with Gasteiger partial charge in [-0.25, -0.2) is 4.79 Å². The highest BCUT2D eigenvalue weighted by molar-refractivity contribution is 5.90. The SMILES string of the molecule is Cc1cc(C(=O)OC(C)C(=O)N(Cc2ccccc2)Cc2ccccc2)on1. The molecule has 0 aliphatic carbocycles. The minimum Gasteiger partial charge on any atom is -0.447 e. The van der Waals surface area contributed by atoms with Crippen LogP contribution in [0.5, 0.6) is 0 Å². The number of benzene rings is 2. The predicted octanol–water partition coefficient (Wildman–Crippen LogP) is 3.76. The minimum absolute atomic E-state index is 0.0187. The molecule has 0 saturated carbocycles. The quantitative estimate of drug-likeness (QED) is 0.586. The monoisotopic (exact) mass is 378 g/mol. The summed E-state index contributed by atoms with van der Waals surface area (Å²) in [6.45, 7) is 4.10. The van der Waals surface area contributed by atoms with Crippen molar-refractivity contribution in [2.75, 3.05) is 0 Å². The van der Waals surface area contributed by atoms with Crippen molar-refractivity contribution in [3.63, 3.8) is 0 Å². The third kappa shape index (κ3) is 5.07. The average molecular weight is 378 g/mol. The third-order valence-corrected chi connectivity index (χ3v) is 4.20. The highest BCUT2D eigenvalue weighted by atomic mass is 16.6. The van der Waals surface area contributed by atoms with E-state index in [1.165, 1.54) is 6.07 Å². The molecule has 1 heterocycles. The van der Waals surface area contributed by atoms with Crippen molar-refractivity contribution in [2.45, 2.75) is 33.0 Å². The predicted molar refractivity (Wildman–Crippen MR) is 103 cm³/mol. The lowest BCUT2D eigenvalue weighted by molar-refractivity contribution is -0.141. The van der Waals surface area contributed by atoms with E-state index in [1.54, 1.807) is 18.7 Å². The average Bonchev–Trinajstić information content (AvgIpc) is 3.15. The summed E-state index contributed by atoms with van der Waals surface area (Å²) >= 11 is 0. The Balaban J connectivity index is 1.73. The molecule has 0 saturated heterocycles. The summed E-state index contributed by atoms with van der Waals surface area (Å²) in [6.07, 6.45) is -0.953. The molecule has 3 aromatic rings. The molecular weight excluding hydrogens is 356 g/mol. The van der Waals surface area contributed by atoms with E-state index in [9.17, 15) is 9.59 Å². The second kappa shape index (κ2) is 8.99. The van der Waals surface area contributed by atoms with Crippen LogP contribution in [0.15, 0.2) is 71.3 Å². The zero-order chi connectivity index (χ0) is 19.9. The first-order valence-electron chi connectivity index (χ1n) is 9.04. The third-order valence-electron chi connectivity index (χ3n) is 4.20. The fraction of sp³-hybridized carbons (Fsp3) is 0.227. The number of ether oxygens (including phenoxy) is 1. The maximum absolute atomic E-state index is 13.0. The number of amides is 1. The molecule has 1 amide bonds. The molecule has 0 radical (unpaired) electrons. The summed E-state index contributed by atoms with van der Waals surface area (Å²) < 4.78 is 10.2. The van der Waals surface area contributed by atoms with Gasteiger partial charge in [0.2, 0.25) is 5.76 Å². The van der Waals surface area contributed by atoms with E-state index in [0.717, 1.165) is 11.1 Å². The minimum atomic E-state index is -0.953. The van der Waals surface area contributed by atoms with Crippen molar-refractivity contribution in [1.29, 1.82) is 0 Å². The second-order valence-electron chi connectivity index (χ2n) is 6.55. The molecule has 1 unspecified atom stereocenters. The number of hydrogen-bond acceptors (Lipinski definition) is 5. The Hall–Kier alpha value is -3.41. The number of rotatable bonds is 7. The normalized spacial score (nSPS) is 11.6. The fourth-order valence-electron chi connectivity index (χ4n) is 2.81. The Labute approximate surface area is 163 Å². The number of carbonyl (C=O) groups excluding carboxylic acids is 2. The van der Waals surface area contributed by atoms with E-state index in [-0.39, 0.29) is 11.7 Å². The zero-order valence-electron chi connectivity index (χ0n) is 15.9. The Morgan fingerprint density at radius 3 is 2.00 bits per heavy atom. The van der Waals surface area contributed by atoms with Gasteiger partial charge in [-0.3, -0.25) is 4.79 Å². The van der Waals surface area contributed by atoms with Crippen LogP contribution in [-0.4, -0.2) is 28.0 Å². The van der Waals surface area contributed by atoms with E-state index < -0.39 is 12.1 Å². The highest BCUT2D eigenvalue weighted by Crippen LogP contribution is 2.14. The van der Waals surface area contributed by atoms with E-state index in [4.69, 9.17) is 9.26 Å². The summed E-state index contributed by atoms with van der Waals surface area (Å²) in [6, 6.07) is 20.9. The molecule has 0 fully saturated rings. The van der Waals surface area contributed by atoms with Gasteiger partial charge in [0.05, 0.1) is 5.69 Å². The van der Waals surface area contributed by atoms with E-state index in [2.05, 4.69) is 5.16 Å². The molecule has 144 valence electrons. The molecule has 28 heavy (non-hydrogen) atoms. The first-order chi connectivity index (χ1) is 13.5. The van der Waals surface area contributed by atoms with Gasteiger partial charge in [0.15, 0.2) is 6.10 Å². The van der Waals surface area contributed by atoms with Crippen molar-refractivity contribution in [2.24, 2.45) is 0 Å². The van der Waals surface area contributed by atoms with Gasteiger partial charge in [-0.15, -0.1) is 0 Å². The summed E-state index contributed by atoms with van der Waals surface area (Å²) in [4.78, 5) is 26.9. The summed E-state index contributed by atoms with van der Waals surface area (Å²) in [5.74, 6) is -1.01. The van der Waals surface area contributed by atoms with Gasteiger partial charge >= 0.3 is 5.97 Å². The number of hydrogen-bond donors (Lipinski definition) is 0. The maximum Gasteiger partial charge on any atom is 0.377 e. The van der Waals surface area contributed by atoms with Crippen LogP contribution in [0.1, 0.15) is 34.3 Å². The molecule has 1 aromatic heterocycles. The van der Waals surface area contributed by atoms with Gasteiger partial charge in [0.25, 0.3) is 5.91 Å². The first kappa shape index (κ1) is 19.4. The molecular formula is C22H22N2O4. The van der Waals surface area contributed by atoms with Crippen LogP contribution in [-0.2, 0) is 22.6 Å². The lowest BCUT2D eigenvalue weighted by atomic mass is 10.1. The molecule has 6 nitrogen and oxygen atoms in total. The summed E-state index contributed by atoms with van der Waals surface area (Å²) in [7, 11) is 0. The summed E-state index contributed by atoms with van der Waals surface area (Å²) in [5.41, 5.74) is 2.56. The Kier molecular flexibility index (Phi) is 6.22. The molecule has 0 bridgehead atoms. The molecule has 0 aliphatic rings. The van der Waals surface area contributed by atoms with Crippen molar-refractivity contribution < 1.29 is 18.8 Å².